The van der Waals surface area contributed by atoms with Crippen molar-refractivity contribution in [3.63, 3.8) is 0 Å². The van der Waals surface area contributed by atoms with Gasteiger partial charge in [0.25, 0.3) is 0 Å². The summed E-state index contributed by atoms with van der Waals surface area (Å²) in [7, 11) is 0. The lowest BCUT2D eigenvalue weighted by Gasteiger charge is -2.34. The molecule has 1 saturated carbocycles. The Morgan fingerprint density at radius 2 is 2.38 bits per heavy atom. The lowest BCUT2D eigenvalue weighted by atomic mass is 9.83. The SMILES string of the molecule is N#CC1(Cc2nc(C3CCC3)cs2)COC1. The number of hydrogen-bond acceptors (Lipinski definition) is 4. The van der Waals surface area contributed by atoms with Crippen LogP contribution in [0.4, 0.5) is 0 Å². The van der Waals surface area contributed by atoms with Crippen molar-refractivity contribution in [1.82, 2.24) is 4.98 Å². The van der Waals surface area contributed by atoms with Crippen LogP contribution in [0.1, 0.15) is 35.9 Å². The van der Waals surface area contributed by atoms with Crippen LogP contribution >= 0.6 is 11.3 Å². The smallest absolute Gasteiger partial charge is 0.110 e. The molecule has 0 bridgehead atoms. The summed E-state index contributed by atoms with van der Waals surface area (Å²) in [6.45, 7) is 1.14. The van der Waals surface area contributed by atoms with E-state index in [2.05, 4.69) is 16.4 Å². The second kappa shape index (κ2) is 3.83. The summed E-state index contributed by atoms with van der Waals surface area (Å²) in [6, 6.07) is 2.37. The number of nitriles is 1. The monoisotopic (exact) mass is 234 g/mol. The minimum atomic E-state index is -0.283. The predicted molar refractivity (Wildman–Crippen MR) is 61.3 cm³/mol. The lowest BCUT2D eigenvalue weighted by molar-refractivity contribution is -0.0765. The highest BCUT2D eigenvalue weighted by Gasteiger charge is 2.40. The molecule has 0 spiro atoms. The summed E-state index contributed by atoms with van der Waals surface area (Å²) in [5.74, 6) is 0.695. The highest BCUT2D eigenvalue weighted by atomic mass is 32.1. The Morgan fingerprint density at radius 3 is 2.88 bits per heavy atom. The zero-order chi connectivity index (χ0) is 11.0. The van der Waals surface area contributed by atoms with Crippen molar-refractivity contribution < 1.29 is 4.74 Å². The van der Waals surface area contributed by atoms with Gasteiger partial charge in [-0.25, -0.2) is 4.98 Å². The molecule has 84 valence electrons. The van der Waals surface area contributed by atoms with Gasteiger partial charge in [-0.15, -0.1) is 11.3 Å². The molecule has 0 atom stereocenters. The number of aromatic nitrogens is 1. The van der Waals surface area contributed by atoms with Gasteiger partial charge in [-0.1, -0.05) is 6.42 Å². The van der Waals surface area contributed by atoms with E-state index >= 15 is 0 Å². The van der Waals surface area contributed by atoms with Gasteiger partial charge in [-0.2, -0.15) is 5.26 Å². The average Bonchev–Trinajstić information content (AvgIpc) is 2.57. The number of thiazole rings is 1. The first-order valence-corrected chi connectivity index (χ1v) is 6.63. The Morgan fingerprint density at radius 1 is 1.56 bits per heavy atom. The lowest BCUT2D eigenvalue weighted by Crippen LogP contribution is -2.43. The minimum absolute atomic E-state index is 0.283. The van der Waals surface area contributed by atoms with Crippen LogP contribution in [0.15, 0.2) is 5.38 Å². The highest BCUT2D eigenvalue weighted by molar-refractivity contribution is 7.09. The van der Waals surface area contributed by atoms with Crippen molar-refractivity contribution in [2.45, 2.75) is 31.6 Å². The predicted octanol–water partition coefficient (Wildman–Crippen LogP) is 2.49. The molecule has 4 heteroatoms. The summed E-state index contributed by atoms with van der Waals surface area (Å²) >= 11 is 1.70. The Labute approximate surface area is 99.1 Å². The normalized spacial score (nSPS) is 23.2. The molecule has 3 rings (SSSR count). The maximum Gasteiger partial charge on any atom is 0.110 e. The number of rotatable bonds is 3. The van der Waals surface area contributed by atoms with Gasteiger partial charge in [0, 0.05) is 17.7 Å². The molecule has 0 N–H and O–H groups in total. The molecule has 16 heavy (non-hydrogen) atoms. The van der Waals surface area contributed by atoms with Crippen LogP contribution in [0.5, 0.6) is 0 Å². The van der Waals surface area contributed by atoms with Crippen LogP contribution in [0.3, 0.4) is 0 Å². The fraction of sp³-hybridized carbons (Fsp3) is 0.667. The molecule has 0 amide bonds. The molecule has 2 heterocycles. The van der Waals surface area contributed by atoms with Crippen molar-refractivity contribution in [3.8, 4) is 6.07 Å². The van der Waals surface area contributed by atoms with Crippen molar-refractivity contribution in [2.75, 3.05) is 13.2 Å². The highest BCUT2D eigenvalue weighted by Crippen LogP contribution is 2.38. The molecule has 1 aromatic heterocycles. The third kappa shape index (κ3) is 1.64. The van der Waals surface area contributed by atoms with Crippen molar-refractivity contribution in [2.24, 2.45) is 5.41 Å². The van der Waals surface area contributed by atoms with Gasteiger partial charge < -0.3 is 4.74 Å². The van der Waals surface area contributed by atoms with E-state index in [0.29, 0.717) is 19.1 Å². The van der Waals surface area contributed by atoms with Crippen LogP contribution in [0, 0.1) is 16.7 Å². The van der Waals surface area contributed by atoms with E-state index in [4.69, 9.17) is 10.00 Å². The average molecular weight is 234 g/mol. The van der Waals surface area contributed by atoms with Crippen LogP contribution < -0.4 is 0 Å². The van der Waals surface area contributed by atoms with Gasteiger partial charge in [0.2, 0.25) is 0 Å². The minimum Gasteiger partial charge on any atom is -0.378 e. The molecule has 1 aliphatic heterocycles. The molecule has 3 nitrogen and oxygen atoms in total. The van der Waals surface area contributed by atoms with Gasteiger partial charge >= 0.3 is 0 Å². The first-order chi connectivity index (χ1) is 7.81. The second-order valence-corrected chi connectivity index (χ2v) is 5.80. The van der Waals surface area contributed by atoms with Gasteiger partial charge in [-0.05, 0) is 12.8 Å². The molecule has 1 aliphatic carbocycles. The van der Waals surface area contributed by atoms with E-state index < -0.39 is 0 Å². The standard InChI is InChI=1S/C12H14N2OS/c13-6-12(7-15-8-12)4-11-14-10(5-16-11)9-2-1-3-9/h5,9H,1-4,7-8H2. The van der Waals surface area contributed by atoms with E-state index in [0.717, 1.165) is 11.4 Å². The molecule has 2 fully saturated rings. The van der Waals surface area contributed by atoms with Crippen LogP contribution in [-0.4, -0.2) is 18.2 Å². The zero-order valence-corrected chi connectivity index (χ0v) is 9.92. The molecule has 1 saturated heterocycles. The van der Waals surface area contributed by atoms with Crippen molar-refractivity contribution in [1.29, 1.82) is 5.26 Å². The quantitative estimate of drug-likeness (QED) is 0.807. The van der Waals surface area contributed by atoms with Gasteiger partial charge in [0.15, 0.2) is 0 Å². The van der Waals surface area contributed by atoms with Gasteiger partial charge in [0.1, 0.15) is 5.41 Å². The molecule has 0 aromatic carbocycles. The zero-order valence-electron chi connectivity index (χ0n) is 9.11. The fourth-order valence-corrected chi connectivity index (χ4v) is 3.16. The second-order valence-electron chi connectivity index (χ2n) is 4.86. The fourth-order valence-electron chi connectivity index (χ4n) is 2.14. The van der Waals surface area contributed by atoms with Crippen LogP contribution in [-0.2, 0) is 11.2 Å². The van der Waals surface area contributed by atoms with E-state index in [9.17, 15) is 0 Å². The van der Waals surface area contributed by atoms with E-state index in [1.54, 1.807) is 11.3 Å². The summed E-state index contributed by atoms with van der Waals surface area (Å²) in [4.78, 5) is 4.66. The summed E-state index contributed by atoms with van der Waals surface area (Å²) in [5, 5.41) is 12.4. The van der Waals surface area contributed by atoms with Crippen molar-refractivity contribution >= 4 is 11.3 Å². The van der Waals surface area contributed by atoms with Gasteiger partial charge in [-0.3, -0.25) is 0 Å². The van der Waals surface area contributed by atoms with Crippen LogP contribution in [0.2, 0.25) is 0 Å². The Balaban J connectivity index is 1.70. The van der Waals surface area contributed by atoms with E-state index in [-0.39, 0.29) is 5.41 Å². The molecule has 0 radical (unpaired) electrons. The molecule has 2 aliphatic rings. The Bertz CT molecular complexity index is 426. The Hall–Kier alpha value is -0.920. The molecule has 0 unspecified atom stereocenters. The van der Waals surface area contributed by atoms with Crippen molar-refractivity contribution in [3.05, 3.63) is 16.1 Å². The van der Waals surface area contributed by atoms with Gasteiger partial charge in [0.05, 0.1) is 30.0 Å². The summed E-state index contributed by atoms with van der Waals surface area (Å²) in [5.41, 5.74) is 0.967. The third-order valence-electron chi connectivity index (χ3n) is 3.58. The number of hydrogen-bond donors (Lipinski definition) is 0. The Kier molecular flexibility index (Phi) is 2.45. The van der Waals surface area contributed by atoms with Crippen LogP contribution in [0.25, 0.3) is 0 Å². The molecular formula is C12H14N2OS. The summed E-state index contributed by atoms with van der Waals surface area (Å²) in [6.07, 6.45) is 4.68. The first kappa shape index (κ1) is 10.2. The van der Waals surface area contributed by atoms with E-state index in [1.807, 2.05) is 0 Å². The number of ether oxygens (including phenoxy) is 1. The topological polar surface area (TPSA) is 45.9 Å². The number of nitrogens with zero attached hydrogens (tertiary/aromatic N) is 2. The van der Waals surface area contributed by atoms with E-state index in [1.165, 1.54) is 25.0 Å². The third-order valence-corrected chi connectivity index (χ3v) is 4.44. The molecular weight excluding hydrogens is 220 g/mol. The summed E-state index contributed by atoms with van der Waals surface area (Å²) < 4.78 is 5.14. The maximum absolute atomic E-state index is 9.12. The largest absolute Gasteiger partial charge is 0.378 e. The first-order valence-electron chi connectivity index (χ1n) is 5.75. The maximum atomic E-state index is 9.12. The molecule has 1 aromatic rings.